The van der Waals surface area contributed by atoms with Crippen molar-refractivity contribution in [3.63, 3.8) is 0 Å². The highest BCUT2D eigenvalue weighted by Gasteiger charge is 2.39. The zero-order chi connectivity index (χ0) is 22.0. The number of nitrogens with one attached hydrogen (secondary N) is 1. The van der Waals surface area contributed by atoms with Crippen molar-refractivity contribution in [2.24, 2.45) is 0 Å². The second-order valence-electron chi connectivity index (χ2n) is 7.14. The van der Waals surface area contributed by atoms with E-state index in [2.05, 4.69) is 10.3 Å². The molecule has 1 N–H and O–H groups in total. The van der Waals surface area contributed by atoms with Gasteiger partial charge in [-0.15, -0.1) is 0 Å². The van der Waals surface area contributed by atoms with Crippen molar-refractivity contribution < 1.29 is 19.1 Å². The van der Waals surface area contributed by atoms with Crippen LogP contribution in [0.2, 0.25) is 5.15 Å². The second-order valence-corrected chi connectivity index (χ2v) is 7.50. The van der Waals surface area contributed by atoms with E-state index in [1.165, 1.54) is 0 Å². The topological polar surface area (TPSA) is 77.5 Å². The Morgan fingerprint density at radius 2 is 1.57 bits per heavy atom. The molecule has 0 radical (unpaired) electrons. The van der Waals surface area contributed by atoms with Gasteiger partial charge in [0.1, 0.15) is 5.15 Å². The number of aryl methyl sites for hydroxylation is 1. The van der Waals surface area contributed by atoms with Crippen molar-refractivity contribution in [2.45, 2.75) is 40.5 Å². The normalized spacial score (nSPS) is 14.7. The van der Waals surface area contributed by atoms with Crippen LogP contribution in [0, 0.1) is 6.92 Å². The summed E-state index contributed by atoms with van der Waals surface area (Å²) in [7, 11) is 0. The van der Waals surface area contributed by atoms with E-state index in [1.54, 1.807) is 27.7 Å². The Balaban J connectivity index is 2.29. The van der Waals surface area contributed by atoms with Crippen LogP contribution in [0.5, 0.6) is 0 Å². The molecule has 0 unspecified atom stereocenters. The molecule has 7 heteroatoms. The molecule has 158 valence electrons. The van der Waals surface area contributed by atoms with E-state index in [0.29, 0.717) is 28.1 Å². The fourth-order valence-corrected chi connectivity index (χ4v) is 4.01. The number of allylic oxidation sites excluding steroid dienone is 2. The first-order chi connectivity index (χ1) is 14.3. The fraction of sp³-hybridized carbons (Fsp3) is 0.348. The molecule has 2 aromatic rings. The monoisotopic (exact) mass is 428 g/mol. The first-order valence-corrected chi connectivity index (χ1v) is 10.3. The van der Waals surface area contributed by atoms with Gasteiger partial charge in [0, 0.05) is 22.3 Å². The minimum Gasteiger partial charge on any atom is -0.463 e. The Bertz CT molecular complexity index is 1050. The van der Waals surface area contributed by atoms with E-state index in [4.69, 9.17) is 21.1 Å². The van der Waals surface area contributed by atoms with E-state index in [9.17, 15) is 9.59 Å². The standard InChI is InChI=1S/C23H25ClN2O4/c1-6-29-22(27)18-13(4)25-14(5)19(23(28)30-7-2)20(18)16-11-15-10-12(3)8-9-17(15)26-21(16)24/h8-11,20,25H,6-7H2,1-5H3. The van der Waals surface area contributed by atoms with Gasteiger partial charge in [0.15, 0.2) is 0 Å². The Morgan fingerprint density at radius 1 is 1.00 bits per heavy atom. The molecular formula is C23H25ClN2O4. The number of hydrogen-bond donors (Lipinski definition) is 1. The minimum absolute atomic E-state index is 0.211. The van der Waals surface area contributed by atoms with Crippen molar-refractivity contribution in [1.82, 2.24) is 10.3 Å². The van der Waals surface area contributed by atoms with Gasteiger partial charge in [0.05, 0.1) is 35.8 Å². The molecule has 1 aromatic carbocycles. The molecule has 3 rings (SSSR count). The molecule has 0 amide bonds. The third-order valence-corrected chi connectivity index (χ3v) is 5.32. The van der Waals surface area contributed by atoms with E-state index in [1.807, 2.05) is 31.2 Å². The Labute approximate surface area is 180 Å². The molecule has 1 aromatic heterocycles. The van der Waals surface area contributed by atoms with Crippen LogP contribution >= 0.6 is 11.6 Å². The Kier molecular flexibility index (Phi) is 6.46. The van der Waals surface area contributed by atoms with Crippen molar-refractivity contribution in [3.8, 4) is 0 Å². The number of aromatic nitrogens is 1. The first-order valence-electron chi connectivity index (χ1n) is 9.88. The Hall–Kier alpha value is -2.86. The lowest BCUT2D eigenvalue weighted by molar-refractivity contribution is -0.139. The summed E-state index contributed by atoms with van der Waals surface area (Å²) in [5.41, 5.74) is 4.20. The van der Waals surface area contributed by atoms with Crippen molar-refractivity contribution >= 4 is 34.4 Å². The first kappa shape index (κ1) is 21.8. The highest BCUT2D eigenvalue weighted by Crippen LogP contribution is 2.42. The van der Waals surface area contributed by atoms with Gasteiger partial charge in [-0.25, -0.2) is 14.6 Å². The zero-order valence-corrected chi connectivity index (χ0v) is 18.5. The summed E-state index contributed by atoms with van der Waals surface area (Å²) in [5.74, 6) is -1.78. The summed E-state index contributed by atoms with van der Waals surface area (Å²) < 4.78 is 10.6. The maximum absolute atomic E-state index is 12.9. The average Bonchev–Trinajstić information content (AvgIpc) is 2.67. The summed E-state index contributed by atoms with van der Waals surface area (Å²) in [5, 5.41) is 4.21. The van der Waals surface area contributed by atoms with Crippen LogP contribution in [-0.4, -0.2) is 30.1 Å². The van der Waals surface area contributed by atoms with Crippen molar-refractivity contribution in [3.05, 3.63) is 63.1 Å². The largest absolute Gasteiger partial charge is 0.463 e. The summed E-state index contributed by atoms with van der Waals surface area (Å²) in [6.45, 7) is 9.43. The maximum atomic E-state index is 12.9. The molecule has 0 bridgehead atoms. The number of benzene rings is 1. The molecule has 2 heterocycles. The average molecular weight is 429 g/mol. The van der Waals surface area contributed by atoms with Gasteiger partial charge in [-0.05, 0) is 52.8 Å². The van der Waals surface area contributed by atoms with E-state index < -0.39 is 17.9 Å². The van der Waals surface area contributed by atoms with E-state index in [-0.39, 0.29) is 18.4 Å². The number of ether oxygens (including phenoxy) is 2. The molecule has 1 aliphatic rings. The Morgan fingerprint density at radius 3 is 2.10 bits per heavy atom. The second kappa shape index (κ2) is 8.88. The number of fused-ring (bicyclic) bond motifs is 1. The number of rotatable bonds is 5. The lowest BCUT2D eigenvalue weighted by Gasteiger charge is -2.30. The van der Waals surface area contributed by atoms with Crippen molar-refractivity contribution in [2.75, 3.05) is 13.2 Å². The third kappa shape index (κ3) is 4.05. The predicted molar refractivity (Wildman–Crippen MR) is 116 cm³/mol. The highest BCUT2D eigenvalue weighted by atomic mass is 35.5. The molecule has 0 atom stereocenters. The van der Waals surface area contributed by atoms with Crippen LogP contribution in [0.3, 0.4) is 0 Å². The number of nitrogens with zero attached hydrogens (tertiary/aromatic N) is 1. The highest BCUT2D eigenvalue weighted by molar-refractivity contribution is 6.31. The molecular weight excluding hydrogens is 404 g/mol. The van der Waals surface area contributed by atoms with Gasteiger partial charge in [-0.1, -0.05) is 23.2 Å². The van der Waals surface area contributed by atoms with Crippen LogP contribution < -0.4 is 5.32 Å². The molecule has 0 fully saturated rings. The number of pyridine rings is 1. The SMILES string of the molecule is CCOC(=O)C1=C(C)NC(C)=C(C(=O)OCC)C1c1cc2cc(C)ccc2nc1Cl. The maximum Gasteiger partial charge on any atom is 0.336 e. The summed E-state index contributed by atoms with van der Waals surface area (Å²) in [6.07, 6.45) is 0. The van der Waals surface area contributed by atoms with Crippen LogP contribution in [0.1, 0.15) is 44.7 Å². The molecule has 0 saturated heterocycles. The summed E-state index contributed by atoms with van der Waals surface area (Å²) in [6, 6.07) is 7.72. The number of esters is 2. The van der Waals surface area contributed by atoms with Crippen LogP contribution in [0.15, 0.2) is 46.8 Å². The summed E-state index contributed by atoms with van der Waals surface area (Å²) in [4.78, 5) is 30.3. The smallest absolute Gasteiger partial charge is 0.336 e. The van der Waals surface area contributed by atoms with Gasteiger partial charge >= 0.3 is 11.9 Å². The van der Waals surface area contributed by atoms with Gasteiger partial charge in [0.2, 0.25) is 0 Å². The molecule has 0 spiro atoms. The van der Waals surface area contributed by atoms with E-state index >= 15 is 0 Å². The van der Waals surface area contributed by atoms with Gasteiger partial charge in [0.25, 0.3) is 0 Å². The molecule has 0 aliphatic carbocycles. The van der Waals surface area contributed by atoms with Crippen LogP contribution in [0.4, 0.5) is 0 Å². The van der Waals surface area contributed by atoms with Crippen LogP contribution in [-0.2, 0) is 19.1 Å². The number of dihydropyridines is 1. The number of carbonyl (C=O) groups excluding carboxylic acids is 2. The minimum atomic E-state index is -0.755. The molecule has 0 saturated carbocycles. The third-order valence-electron chi connectivity index (χ3n) is 5.01. The van der Waals surface area contributed by atoms with E-state index in [0.717, 1.165) is 16.5 Å². The number of hydrogen-bond acceptors (Lipinski definition) is 6. The fourth-order valence-electron chi connectivity index (χ4n) is 3.76. The number of carbonyl (C=O) groups is 2. The predicted octanol–water partition coefficient (Wildman–Crippen LogP) is 4.56. The summed E-state index contributed by atoms with van der Waals surface area (Å²) >= 11 is 6.58. The zero-order valence-electron chi connectivity index (χ0n) is 17.8. The quantitative estimate of drug-likeness (QED) is 0.555. The van der Waals surface area contributed by atoms with Gasteiger partial charge in [-0.3, -0.25) is 0 Å². The number of halogens is 1. The van der Waals surface area contributed by atoms with Gasteiger partial charge in [-0.2, -0.15) is 0 Å². The molecule has 6 nitrogen and oxygen atoms in total. The van der Waals surface area contributed by atoms with Gasteiger partial charge < -0.3 is 14.8 Å². The van der Waals surface area contributed by atoms with Crippen molar-refractivity contribution in [1.29, 1.82) is 0 Å². The molecule has 30 heavy (non-hydrogen) atoms. The molecule has 1 aliphatic heterocycles. The lowest BCUT2D eigenvalue weighted by Crippen LogP contribution is -2.32. The van der Waals surface area contributed by atoms with Crippen LogP contribution in [0.25, 0.3) is 10.9 Å². The lowest BCUT2D eigenvalue weighted by atomic mass is 9.80.